The molecule has 0 saturated heterocycles. The molecule has 0 saturated carbocycles. The molecule has 5 nitrogen and oxygen atoms in total. The van der Waals surface area contributed by atoms with Gasteiger partial charge in [-0.1, -0.05) is 44.4 Å². The Labute approximate surface area is 146 Å². The molecular weight excluding hydrogens is 322 g/mol. The van der Waals surface area contributed by atoms with Crippen LogP contribution in [0.5, 0.6) is 0 Å². The van der Waals surface area contributed by atoms with Crippen molar-refractivity contribution in [3.8, 4) is 0 Å². The fourth-order valence-electron chi connectivity index (χ4n) is 2.35. The van der Waals surface area contributed by atoms with Gasteiger partial charge in [-0.05, 0) is 32.4 Å². The van der Waals surface area contributed by atoms with E-state index in [1.807, 2.05) is 13.0 Å². The van der Waals surface area contributed by atoms with Crippen LogP contribution in [0, 0.1) is 0 Å². The second kappa shape index (κ2) is 11.1. The van der Waals surface area contributed by atoms with Gasteiger partial charge in [0.25, 0.3) is 0 Å². The Morgan fingerprint density at radius 1 is 1.17 bits per heavy atom. The molecule has 2 N–H and O–H groups in total. The minimum Gasteiger partial charge on any atom is -0.357 e. The van der Waals surface area contributed by atoms with Crippen LogP contribution in [0.15, 0.2) is 40.2 Å². The third-order valence-corrected chi connectivity index (χ3v) is 5.41. The Morgan fingerprint density at radius 2 is 1.88 bits per heavy atom. The van der Waals surface area contributed by atoms with Crippen LogP contribution in [0.1, 0.15) is 46.5 Å². The molecule has 0 fully saturated rings. The minimum absolute atomic E-state index is 0.0117. The number of sulfone groups is 1. The van der Waals surface area contributed by atoms with Crippen LogP contribution in [0.4, 0.5) is 0 Å². The van der Waals surface area contributed by atoms with Gasteiger partial charge in [0.05, 0.1) is 17.2 Å². The lowest BCUT2D eigenvalue weighted by Crippen LogP contribution is -2.42. The number of guanidine groups is 1. The molecule has 0 aliphatic rings. The van der Waals surface area contributed by atoms with Crippen molar-refractivity contribution in [1.82, 2.24) is 10.6 Å². The Bertz CT molecular complexity index is 586. The van der Waals surface area contributed by atoms with Crippen LogP contribution in [0.3, 0.4) is 0 Å². The monoisotopic (exact) mass is 353 g/mol. The fourth-order valence-corrected chi connectivity index (χ4v) is 3.49. The zero-order chi connectivity index (χ0) is 17.8. The van der Waals surface area contributed by atoms with E-state index in [1.165, 1.54) is 19.3 Å². The largest absolute Gasteiger partial charge is 0.357 e. The van der Waals surface area contributed by atoms with E-state index in [9.17, 15) is 8.42 Å². The summed E-state index contributed by atoms with van der Waals surface area (Å²) in [5, 5.41) is 6.52. The predicted molar refractivity (Wildman–Crippen MR) is 101 cm³/mol. The van der Waals surface area contributed by atoms with Gasteiger partial charge in [0.15, 0.2) is 15.8 Å². The van der Waals surface area contributed by atoms with E-state index in [-0.39, 0.29) is 12.3 Å². The summed E-state index contributed by atoms with van der Waals surface area (Å²) in [6.07, 6.45) is 4.71. The van der Waals surface area contributed by atoms with E-state index in [0.29, 0.717) is 16.9 Å². The Morgan fingerprint density at radius 3 is 2.50 bits per heavy atom. The first kappa shape index (κ1) is 20.5. The van der Waals surface area contributed by atoms with Gasteiger partial charge in [0, 0.05) is 12.6 Å². The molecule has 1 atom stereocenters. The number of nitrogens with one attached hydrogen (secondary N) is 2. The first-order valence-corrected chi connectivity index (χ1v) is 10.5. The number of rotatable bonds is 10. The highest BCUT2D eigenvalue weighted by molar-refractivity contribution is 7.91. The summed E-state index contributed by atoms with van der Waals surface area (Å²) in [6.45, 7) is 7.31. The van der Waals surface area contributed by atoms with Crippen molar-refractivity contribution in [3.05, 3.63) is 30.3 Å². The highest BCUT2D eigenvalue weighted by Crippen LogP contribution is 2.09. The van der Waals surface area contributed by atoms with E-state index in [2.05, 4.69) is 29.5 Å². The zero-order valence-electron chi connectivity index (χ0n) is 15.1. The van der Waals surface area contributed by atoms with Gasteiger partial charge in [0.1, 0.15) is 0 Å². The molecule has 24 heavy (non-hydrogen) atoms. The van der Waals surface area contributed by atoms with Crippen LogP contribution in [0.2, 0.25) is 0 Å². The third kappa shape index (κ3) is 7.81. The van der Waals surface area contributed by atoms with Crippen LogP contribution < -0.4 is 10.6 Å². The lowest BCUT2D eigenvalue weighted by atomic mass is 10.1. The normalized spacial score (nSPS) is 13.5. The zero-order valence-corrected chi connectivity index (χ0v) is 15.9. The molecule has 0 spiro atoms. The summed E-state index contributed by atoms with van der Waals surface area (Å²) in [5.74, 6) is 0.697. The van der Waals surface area contributed by atoms with Crippen molar-refractivity contribution in [3.63, 3.8) is 0 Å². The van der Waals surface area contributed by atoms with Gasteiger partial charge in [0.2, 0.25) is 0 Å². The summed E-state index contributed by atoms with van der Waals surface area (Å²) in [4.78, 5) is 4.76. The molecule has 0 bridgehead atoms. The molecule has 6 heteroatoms. The quantitative estimate of drug-likeness (QED) is 0.385. The van der Waals surface area contributed by atoms with Crippen LogP contribution >= 0.6 is 0 Å². The van der Waals surface area contributed by atoms with Gasteiger partial charge < -0.3 is 10.6 Å². The molecule has 1 unspecified atom stereocenters. The number of unbranched alkanes of at least 4 members (excludes halogenated alkanes) is 2. The summed E-state index contributed by atoms with van der Waals surface area (Å²) in [5.41, 5.74) is 0. The molecule has 1 rings (SSSR count). The topological polar surface area (TPSA) is 70.6 Å². The predicted octanol–water partition coefficient (Wildman–Crippen LogP) is 2.98. The standard InChI is InChI=1S/C18H31N3O2S/c1-4-6-8-11-16(3)21-18(19-5-2)20-14-15-24(22,23)17-12-9-7-10-13-17/h7,9-10,12-13,16H,4-6,8,11,14-15H2,1-3H3,(H2,19,20,21). The maximum atomic E-state index is 12.3. The molecule has 0 aliphatic heterocycles. The van der Waals surface area contributed by atoms with E-state index in [1.54, 1.807) is 24.3 Å². The van der Waals surface area contributed by atoms with E-state index in [4.69, 9.17) is 0 Å². The van der Waals surface area contributed by atoms with Crippen LogP contribution in [0.25, 0.3) is 0 Å². The van der Waals surface area contributed by atoms with Gasteiger partial charge in [-0.3, -0.25) is 4.99 Å². The summed E-state index contributed by atoms with van der Waals surface area (Å²) < 4.78 is 24.5. The Kier molecular flexibility index (Phi) is 9.45. The van der Waals surface area contributed by atoms with Crippen molar-refractivity contribution >= 4 is 15.8 Å². The highest BCUT2D eigenvalue weighted by Gasteiger charge is 2.13. The molecule has 1 aromatic rings. The fraction of sp³-hybridized carbons (Fsp3) is 0.611. The number of hydrogen-bond acceptors (Lipinski definition) is 3. The summed E-state index contributed by atoms with van der Waals surface area (Å²) in [7, 11) is -3.28. The van der Waals surface area contributed by atoms with Crippen molar-refractivity contribution in [2.75, 3.05) is 18.8 Å². The van der Waals surface area contributed by atoms with E-state index < -0.39 is 9.84 Å². The summed E-state index contributed by atoms with van der Waals surface area (Å²) in [6, 6.07) is 8.85. The smallest absolute Gasteiger partial charge is 0.191 e. The van der Waals surface area contributed by atoms with Crippen molar-refractivity contribution < 1.29 is 8.42 Å². The van der Waals surface area contributed by atoms with Gasteiger partial charge in [-0.2, -0.15) is 0 Å². The first-order valence-electron chi connectivity index (χ1n) is 8.82. The number of benzene rings is 1. The van der Waals surface area contributed by atoms with Gasteiger partial charge >= 0.3 is 0 Å². The van der Waals surface area contributed by atoms with E-state index in [0.717, 1.165) is 13.0 Å². The lowest BCUT2D eigenvalue weighted by Gasteiger charge is -2.17. The van der Waals surface area contributed by atoms with Gasteiger partial charge in [-0.15, -0.1) is 0 Å². The summed E-state index contributed by atoms with van der Waals surface area (Å²) >= 11 is 0. The van der Waals surface area contributed by atoms with Crippen LogP contribution in [-0.4, -0.2) is 39.3 Å². The average Bonchev–Trinajstić information content (AvgIpc) is 2.56. The second-order valence-electron chi connectivity index (χ2n) is 5.93. The van der Waals surface area contributed by atoms with E-state index >= 15 is 0 Å². The second-order valence-corrected chi connectivity index (χ2v) is 8.04. The van der Waals surface area contributed by atoms with Crippen molar-refractivity contribution in [2.24, 2.45) is 4.99 Å². The Hall–Kier alpha value is -1.56. The number of nitrogens with zero attached hydrogens (tertiary/aromatic N) is 1. The van der Waals surface area contributed by atoms with Crippen molar-refractivity contribution in [2.45, 2.75) is 57.4 Å². The Balaban J connectivity index is 2.56. The molecule has 0 heterocycles. The lowest BCUT2D eigenvalue weighted by molar-refractivity contribution is 0.547. The molecule has 136 valence electrons. The molecule has 0 radical (unpaired) electrons. The average molecular weight is 354 g/mol. The van der Waals surface area contributed by atoms with Gasteiger partial charge in [-0.25, -0.2) is 8.42 Å². The number of hydrogen-bond donors (Lipinski definition) is 2. The molecule has 0 amide bonds. The SMILES string of the molecule is CCCCCC(C)NC(=NCCS(=O)(=O)c1ccccc1)NCC. The molecule has 0 aromatic heterocycles. The maximum Gasteiger partial charge on any atom is 0.191 e. The molecule has 1 aromatic carbocycles. The van der Waals surface area contributed by atoms with Crippen LogP contribution in [-0.2, 0) is 9.84 Å². The highest BCUT2D eigenvalue weighted by atomic mass is 32.2. The van der Waals surface area contributed by atoms with Crippen molar-refractivity contribution in [1.29, 1.82) is 0 Å². The minimum atomic E-state index is -3.28. The molecule has 0 aliphatic carbocycles. The molecular formula is C18H31N3O2S. The first-order chi connectivity index (χ1) is 11.5. The number of aliphatic imine (C=N–C) groups is 1. The maximum absolute atomic E-state index is 12.3. The third-order valence-electron chi connectivity index (χ3n) is 3.70.